The summed E-state index contributed by atoms with van der Waals surface area (Å²) in [6, 6.07) is 2.11. The van der Waals surface area contributed by atoms with E-state index in [1.165, 1.54) is 4.88 Å². The molecule has 2 rings (SSSR count). The third-order valence-electron chi connectivity index (χ3n) is 2.98. The van der Waals surface area contributed by atoms with Gasteiger partial charge in [-0.25, -0.2) is 4.98 Å². The molecule has 0 aromatic carbocycles. The summed E-state index contributed by atoms with van der Waals surface area (Å²) >= 11 is 1.65. The molecule has 0 spiro atoms. The van der Waals surface area contributed by atoms with Gasteiger partial charge in [0.25, 0.3) is 0 Å². The number of nitrogens with one attached hydrogen (secondary N) is 1. The second-order valence-electron chi connectivity index (χ2n) is 4.34. The zero-order valence-corrected chi connectivity index (χ0v) is 11.9. The van der Waals surface area contributed by atoms with Gasteiger partial charge in [0.1, 0.15) is 10.6 Å². The minimum atomic E-state index is 0.0213. The average Bonchev–Trinajstić information content (AvgIpc) is 2.75. The molecule has 0 amide bonds. The van der Waals surface area contributed by atoms with Gasteiger partial charge in [-0.2, -0.15) is 4.98 Å². The average molecular weight is 266 g/mol. The number of rotatable bonds is 4. The van der Waals surface area contributed by atoms with Crippen molar-refractivity contribution in [3.8, 4) is 0 Å². The van der Waals surface area contributed by atoms with Gasteiger partial charge in [-0.05, 0) is 19.9 Å². The summed E-state index contributed by atoms with van der Waals surface area (Å²) in [6.07, 6.45) is 0. The summed E-state index contributed by atoms with van der Waals surface area (Å²) in [5, 5.41) is 13.3. The van der Waals surface area contributed by atoms with Crippen LogP contribution in [-0.2, 0) is 0 Å². The van der Waals surface area contributed by atoms with E-state index < -0.39 is 0 Å². The van der Waals surface area contributed by atoms with Crippen molar-refractivity contribution in [2.24, 2.45) is 0 Å². The third kappa shape index (κ3) is 2.26. The van der Waals surface area contributed by atoms with Crippen molar-refractivity contribution in [1.29, 1.82) is 0 Å². The minimum absolute atomic E-state index is 0.0213. The Morgan fingerprint density at radius 3 is 2.83 bits per heavy atom. The van der Waals surface area contributed by atoms with E-state index in [4.69, 9.17) is 0 Å². The molecule has 2 N–H and O–H groups in total. The SMILES string of the molecule is CNc1nc(N(C)C(C)CO)c2cc(C)sc2n1. The number of anilines is 2. The Morgan fingerprint density at radius 2 is 2.22 bits per heavy atom. The number of aryl methyl sites for hydroxylation is 1. The summed E-state index contributed by atoms with van der Waals surface area (Å²) in [7, 11) is 3.75. The number of thiophene rings is 1. The zero-order valence-electron chi connectivity index (χ0n) is 11.1. The van der Waals surface area contributed by atoms with Crippen LogP contribution in [0.2, 0.25) is 0 Å². The molecule has 0 aliphatic heterocycles. The first-order chi connectivity index (χ1) is 8.56. The van der Waals surface area contributed by atoms with Crippen molar-refractivity contribution in [1.82, 2.24) is 9.97 Å². The lowest BCUT2D eigenvalue weighted by Crippen LogP contribution is -2.32. The van der Waals surface area contributed by atoms with Crippen molar-refractivity contribution < 1.29 is 5.11 Å². The molecule has 2 aromatic heterocycles. The molecule has 0 aliphatic carbocycles. The Morgan fingerprint density at radius 1 is 1.50 bits per heavy atom. The third-order valence-corrected chi connectivity index (χ3v) is 3.92. The summed E-state index contributed by atoms with van der Waals surface area (Å²) in [6.45, 7) is 4.12. The fourth-order valence-electron chi connectivity index (χ4n) is 1.74. The lowest BCUT2D eigenvalue weighted by atomic mass is 10.2. The molecule has 18 heavy (non-hydrogen) atoms. The van der Waals surface area contributed by atoms with Crippen LogP contribution in [0.5, 0.6) is 0 Å². The molecule has 0 saturated heterocycles. The van der Waals surface area contributed by atoms with E-state index in [-0.39, 0.29) is 12.6 Å². The largest absolute Gasteiger partial charge is 0.394 e. The summed E-state index contributed by atoms with van der Waals surface area (Å²) < 4.78 is 0. The highest BCUT2D eigenvalue weighted by molar-refractivity contribution is 7.18. The van der Waals surface area contributed by atoms with Crippen LogP contribution in [0.1, 0.15) is 11.8 Å². The van der Waals surface area contributed by atoms with Crippen LogP contribution in [0, 0.1) is 6.92 Å². The quantitative estimate of drug-likeness (QED) is 0.884. The molecule has 0 saturated carbocycles. The fourth-order valence-corrected chi connectivity index (χ4v) is 2.61. The first-order valence-corrected chi connectivity index (χ1v) is 6.68. The van der Waals surface area contributed by atoms with Crippen LogP contribution in [-0.4, -0.2) is 41.8 Å². The highest BCUT2D eigenvalue weighted by Gasteiger charge is 2.17. The lowest BCUT2D eigenvalue weighted by molar-refractivity contribution is 0.270. The summed E-state index contributed by atoms with van der Waals surface area (Å²) in [5.74, 6) is 1.46. The number of likely N-dealkylation sites (N-methyl/N-ethyl adjacent to an activating group) is 1. The maximum Gasteiger partial charge on any atom is 0.225 e. The fraction of sp³-hybridized carbons (Fsp3) is 0.500. The first-order valence-electron chi connectivity index (χ1n) is 5.86. The number of hydrogen-bond acceptors (Lipinski definition) is 6. The van der Waals surface area contributed by atoms with Crippen LogP contribution in [0.25, 0.3) is 10.2 Å². The number of aliphatic hydroxyl groups is 1. The monoisotopic (exact) mass is 266 g/mol. The van der Waals surface area contributed by atoms with Crippen LogP contribution in [0.4, 0.5) is 11.8 Å². The highest BCUT2D eigenvalue weighted by Crippen LogP contribution is 2.31. The van der Waals surface area contributed by atoms with E-state index in [1.807, 2.05) is 18.9 Å². The number of aromatic nitrogens is 2. The molecule has 6 heteroatoms. The molecular formula is C12H18N4OS. The number of aliphatic hydroxyl groups excluding tert-OH is 1. The van der Waals surface area contributed by atoms with E-state index in [9.17, 15) is 5.11 Å². The van der Waals surface area contributed by atoms with Crippen molar-refractivity contribution in [2.45, 2.75) is 19.9 Å². The van der Waals surface area contributed by atoms with Gasteiger partial charge in [-0.3, -0.25) is 0 Å². The Balaban J connectivity index is 2.59. The van der Waals surface area contributed by atoms with E-state index in [0.29, 0.717) is 5.95 Å². The Bertz CT molecular complexity index is 554. The summed E-state index contributed by atoms with van der Waals surface area (Å²) in [5.41, 5.74) is 0. The molecule has 1 unspecified atom stereocenters. The lowest BCUT2D eigenvalue weighted by Gasteiger charge is -2.25. The maximum atomic E-state index is 9.27. The van der Waals surface area contributed by atoms with Crippen LogP contribution >= 0.6 is 11.3 Å². The van der Waals surface area contributed by atoms with Crippen molar-refractivity contribution in [3.05, 3.63) is 10.9 Å². The maximum absolute atomic E-state index is 9.27. The molecule has 1 atom stereocenters. The van der Waals surface area contributed by atoms with Crippen LogP contribution in [0.3, 0.4) is 0 Å². The van der Waals surface area contributed by atoms with Crippen LogP contribution in [0.15, 0.2) is 6.07 Å². The Hall–Kier alpha value is -1.40. The molecular weight excluding hydrogens is 248 g/mol. The Labute approximate surface area is 110 Å². The molecule has 0 fully saturated rings. The van der Waals surface area contributed by atoms with Gasteiger partial charge < -0.3 is 15.3 Å². The topological polar surface area (TPSA) is 61.3 Å². The standard InChI is InChI=1S/C12H18N4OS/c1-7(6-17)16(4)10-9-5-8(2)18-11(9)15-12(13-3)14-10/h5,7,17H,6H2,1-4H3,(H,13,14,15). The van der Waals surface area contributed by atoms with Gasteiger partial charge in [0.15, 0.2) is 0 Å². The van der Waals surface area contributed by atoms with Gasteiger partial charge in [0, 0.05) is 19.0 Å². The normalized spacial score (nSPS) is 12.7. The molecule has 98 valence electrons. The van der Waals surface area contributed by atoms with E-state index in [1.54, 1.807) is 18.4 Å². The molecule has 0 aliphatic rings. The van der Waals surface area contributed by atoms with Crippen molar-refractivity contribution in [2.75, 3.05) is 30.9 Å². The Kier molecular flexibility index (Phi) is 3.68. The second-order valence-corrected chi connectivity index (χ2v) is 5.57. The molecule has 2 heterocycles. The smallest absolute Gasteiger partial charge is 0.225 e. The zero-order chi connectivity index (χ0) is 13.3. The van der Waals surface area contributed by atoms with Gasteiger partial charge in [-0.1, -0.05) is 0 Å². The second kappa shape index (κ2) is 5.07. The van der Waals surface area contributed by atoms with Gasteiger partial charge >= 0.3 is 0 Å². The van der Waals surface area contributed by atoms with Gasteiger partial charge in [0.2, 0.25) is 5.95 Å². The van der Waals surface area contributed by atoms with Crippen molar-refractivity contribution in [3.63, 3.8) is 0 Å². The highest BCUT2D eigenvalue weighted by atomic mass is 32.1. The number of nitrogens with zero attached hydrogens (tertiary/aromatic N) is 3. The van der Waals surface area contributed by atoms with Gasteiger partial charge in [-0.15, -0.1) is 11.3 Å². The minimum Gasteiger partial charge on any atom is -0.394 e. The predicted octanol–water partition coefficient (Wildman–Crippen LogP) is 1.86. The van der Waals surface area contributed by atoms with Gasteiger partial charge in [0.05, 0.1) is 18.0 Å². The number of hydrogen-bond donors (Lipinski definition) is 2. The molecule has 0 radical (unpaired) electrons. The van der Waals surface area contributed by atoms with Crippen LogP contribution < -0.4 is 10.2 Å². The van der Waals surface area contributed by atoms with E-state index >= 15 is 0 Å². The van der Waals surface area contributed by atoms with Crippen molar-refractivity contribution >= 4 is 33.3 Å². The summed E-state index contributed by atoms with van der Waals surface area (Å²) in [4.78, 5) is 13.1. The van der Waals surface area contributed by atoms with E-state index in [2.05, 4.69) is 28.3 Å². The molecule has 5 nitrogen and oxygen atoms in total. The predicted molar refractivity (Wildman–Crippen MR) is 76.6 cm³/mol. The molecule has 2 aromatic rings. The van der Waals surface area contributed by atoms with E-state index in [0.717, 1.165) is 16.0 Å². The number of fused-ring (bicyclic) bond motifs is 1. The molecule has 0 bridgehead atoms. The first kappa shape index (κ1) is 13.0.